The van der Waals surface area contributed by atoms with Gasteiger partial charge in [0, 0.05) is 14.0 Å². The van der Waals surface area contributed by atoms with Crippen LogP contribution in [0.5, 0.6) is 0 Å². The van der Waals surface area contributed by atoms with Gasteiger partial charge in [-0.25, -0.2) is 4.98 Å². The van der Waals surface area contributed by atoms with E-state index in [1.54, 1.807) is 13.1 Å². The number of aromatic amines is 1. The number of nitrogens with two attached hydrogens (primary N) is 1. The van der Waals surface area contributed by atoms with Crippen molar-refractivity contribution in [2.75, 3.05) is 12.4 Å². The number of primary amides is 1. The van der Waals surface area contributed by atoms with E-state index in [1.807, 2.05) is 18.2 Å². The summed E-state index contributed by atoms with van der Waals surface area (Å²) in [4.78, 5) is 27.5. The number of rotatable bonds is 1. The molecule has 0 fully saturated rings. The molecule has 4 N–H and O–H groups in total. The Hall–Kier alpha value is -2.37. The third-order valence-electron chi connectivity index (χ3n) is 1.85. The van der Waals surface area contributed by atoms with Gasteiger partial charge in [-0.3, -0.25) is 14.6 Å². The van der Waals surface area contributed by atoms with E-state index < -0.39 is 0 Å². The van der Waals surface area contributed by atoms with Crippen molar-refractivity contribution in [3.63, 3.8) is 0 Å². The molecule has 0 bridgehead atoms. The third kappa shape index (κ3) is 3.60. The lowest BCUT2D eigenvalue weighted by molar-refractivity contribution is -0.115. The van der Waals surface area contributed by atoms with Gasteiger partial charge in [0.2, 0.25) is 11.9 Å². The molecule has 0 atom stereocenters. The zero-order chi connectivity index (χ0) is 12.8. The van der Waals surface area contributed by atoms with Crippen LogP contribution in [0.4, 0.5) is 5.95 Å². The van der Waals surface area contributed by atoms with Crippen molar-refractivity contribution in [1.82, 2.24) is 9.97 Å². The molecule has 1 aromatic heterocycles. The summed E-state index contributed by atoms with van der Waals surface area (Å²) in [5.41, 5.74) is 5.06. The SMILES string of the molecule is CC(N)=O.CNc1nc2ccccc2c(=O)[nH]1. The number of carbonyl (C=O) groups excluding carboxylic acids is 1. The van der Waals surface area contributed by atoms with Crippen molar-refractivity contribution < 1.29 is 4.79 Å². The first-order valence-corrected chi connectivity index (χ1v) is 4.97. The van der Waals surface area contributed by atoms with Gasteiger partial charge in [0.25, 0.3) is 5.56 Å². The molecule has 1 aromatic carbocycles. The number of nitrogens with one attached hydrogen (secondary N) is 2. The lowest BCUT2D eigenvalue weighted by Gasteiger charge is -2.00. The highest BCUT2D eigenvalue weighted by molar-refractivity contribution is 5.78. The fourth-order valence-corrected chi connectivity index (χ4v) is 1.20. The van der Waals surface area contributed by atoms with Crippen LogP contribution < -0.4 is 16.6 Å². The summed E-state index contributed by atoms with van der Waals surface area (Å²) >= 11 is 0. The zero-order valence-corrected chi connectivity index (χ0v) is 9.65. The molecule has 0 radical (unpaired) electrons. The molecule has 0 aliphatic heterocycles. The molecular weight excluding hydrogens is 220 g/mol. The van der Waals surface area contributed by atoms with Gasteiger partial charge < -0.3 is 11.1 Å². The van der Waals surface area contributed by atoms with Crippen LogP contribution in [-0.4, -0.2) is 22.9 Å². The molecule has 0 spiro atoms. The van der Waals surface area contributed by atoms with Crippen LogP contribution in [0.2, 0.25) is 0 Å². The standard InChI is InChI=1S/C9H9N3O.C2H5NO/c1-10-9-11-7-5-3-2-4-6(7)8(13)12-9;1-2(3)4/h2-5H,1H3,(H2,10,11,12,13);1H3,(H2,3,4). The van der Waals surface area contributed by atoms with Gasteiger partial charge in [-0.1, -0.05) is 12.1 Å². The predicted octanol–water partition coefficient (Wildman–Crippen LogP) is 0.456. The summed E-state index contributed by atoms with van der Waals surface area (Å²) in [6.07, 6.45) is 0. The summed E-state index contributed by atoms with van der Waals surface area (Å²) in [6, 6.07) is 7.23. The molecule has 0 saturated carbocycles. The zero-order valence-electron chi connectivity index (χ0n) is 9.65. The Labute approximate surface area is 97.9 Å². The fourth-order valence-electron chi connectivity index (χ4n) is 1.20. The van der Waals surface area contributed by atoms with Crippen molar-refractivity contribution in [2.45, 2.75) is 6.92 Å². The Balaban J connectivity index is 0.000000317. The van der Waals surface area contributed by atoms with Crippen molar-refractivity contribution >= 4 is 22.8 Å². The second-order valence-corrected chi connectivity index (χ2v) is 3.29. The van der Waals surface area contributed by atoms with Crippen molar-refractivity contribution in [3.05, 3.63) is 34.6 Å². The van der Waals surface area contributed by atoms with Crippen molar-refractivity contribution in [1.29, 1.82) is 0 Å². The van der Waals surface area contributed by atoms with Crippen LogP contribution in [0.15, 0.2) is 29.1 Å². The molecule has 6 heteroatoms. The maximum atomic E-state index is 11.4. The van der Waals surface area contributed by atoms with E-state index in [-0.39, 0.29) is 11.5 Å². The number of fused-ring (bicyclic) bond motifs is 1. The quantitative estimate of drug-likeness (QED) is 0.667. The first-order valence-electron chi connectivity index (χ1n) is 4.97. The number of carbonyl (C=O) groups is 1. The normalized spacial score (nSPS) is 9.29. The minimum atomic E-state index is -0.333. The highest BCUT2D eigenvalue weighted by Gasteiger charge is 1.99. The number of amides is 1. The van der Waals surface area contributed by atoms with E-state index >= 15 is 0 Å². The first-order chi connectivity index (χ1) is 8.04. The van der Waals surface area contributed by atoms with Gasteiger partial charge in [-0.2, -0.15) is 0 Å². The fraction of sp³-hybridized carbons (Fsp3) is 0.182. The summed E-state index contributed by atoms with van der Waals surface area (Å²) in [5, 5.41) is 3.41. The van der Waals surface area contributed by atoms with Crippen LogP contribution in [0.1, 0.15) is 6.92 Å². The number of nitrogens with zero attached hydrogens (tertiary/aromatic N) is 1. The summed E-state index contributed by atoms with van der Waals surface area (Å²) < 4.78 is 0. The number of benzene rings is 1. The molecule has 0 unspecified atom stereocenters. The van der Waals surface area contributed by atoms with E-state index in [0.29, 0.717) is 16.9 Å². The molecule has 90 valence electrons. The van der Waals surface area contributed by atoms with Gasteiger partial charge in [0.05, 0.1) is 10.9 Å². The number of aromatic nitrogens is 2. The molecule has 1 amide bonds. The average molecular weight is 234 g/mol. The van der Waals surface area contributed by atoms with Gasteiger partial charge >= 0.3 is 0 Å². The Morgan fingerprint density at radius 3 is 2.59 bits per heavy atom. The second-order valence-electron chi connectivity index (χ2n) is 3.29. The van der Waals surface area contributed by atoms with Crippen LogP contribution in [-0.2, 0) is 4.79 Å². The Morgan fingerprint density at radius 1 is 1.41 bits per heavy atom. The average Bonchev–Trinajstić information content (AvgIpc) is 2.28. The number of hydrogen-bond acceptors (Lipinski definition) is 4. The molecule has 2 aromatic rings. The van der Waals surface area contributed by atoms with E-state index in [1.165, 1.54) is 6.92 Å². The Bertz CT molecular complexity index is 573. The van der Waals surface area contributed by atoms with E-state index in [9.17, 15) is 9.59 Å². The summed E-state index contributed by atoms with van der Waals surface area (Å²) in [5.74, 6) is 0.156. The molecule has 1 heterocycles. The molecular formula is C11H14N4O2. The van der Waals surface area contributed by atoms with Gasteiger partial charge in [0.15, 0.2) is 0 Å². The number of hydrogen-bond donors (Lipinski definition) is 3. The van der Waals surface area contributed by atoms with Crippen LogP contribution in [0.25, 0.3) is 10.9 Å². The maximum absolute atomic E-state index is 11.4. The largest absolute Gasteiger partial charge is 0.370 e. The van der Waals surface area contributed by atoms with Gasteiger partial charge in [-0.15, -0.1) is 0 Å². The highest BCUT2D eigenvalue weighted by atomic mass is 16.1. The van der Waals surface area contributed by atoms with Crippen LogP contribution in [0, 0.1) is 0 Å². The summed E-state index contributed by atoms with van der Waals surface area (Å²) in [7, 11) is 1.72. The molecule has 2 rings (SSSR count). The van der Waals surface area contributed by atoms with Crippen LogP contribution >= 0.6 is 0 Å². The monoisotopic (exact) mass is 234 g/mol. The topological polar surface area (TPSA) is 101 Å². The minimum Gasteiger partial charge on any atom is -0.370 e. The lowest BCUT2D eigenvalue weighted by Crippen LogP contribution is -2.10. The predicted molar refractivity (Wildman–Crippen MR) is 66.8 cm³/mol. The molecule has 0 aliphatic carbocycles. The molecule has 0 aliphatic rings. The number of para-hydroxylation sites is 1. The smallest absolute Gasteiger partial charge is 0.260 e. The Kier molecular flexibility index (Phi) is 4.21. The Morgan fingerprint density at radius 2 is 2.00 bits per heavy atom. The van der Waals surface area contributed by atoms with Crippen molar-refractivity contribution in [3.8, 4) is 0 Å². The van der Waals surface area contributed by atoms with Gasteiger partial charge in [-0.05, 0) is 12.1 Å². The lowest BCUT2D eigenvalue weighted by atomic mass is 10.2. The number of H-pyrrole nitrogens is 1. The molecule has 6 nitrogen and oxygen atoms in total. The third-order valence-corrected chi connectivity index (χ3v) is 1.85. The van der Waals surface area contributed by atoms with Crippen LogP contribution in [0.3, 0.4) is 0 Å². The van der Waals surface area contributed by atoms with Crippen molar-refractivity contribution in [2.24, 2.45) is 5.73 Å². The maximum Gasteiger partial charge on any atom is 0.260 e. The molecule has 0 saturated heterocycles. The van der Waals surface area contributed by atoms with E-state index in [2.05, 4.69) is 21.0 Å². The minimum absolute atomic E-state index is 0.116. The number of anilines is 1. The highest BCUT2D eigenvalue weighted by Crippen LogP contribution is 2.06. The van der Waals surface area contributed by atoms with Gasteiger partial charge in [0.1, 0.15) is 0 Å². The first kappa shape index (κ1) is 12.7. The summed E-state index contributed by atoms with van der Waals surface area (Å²) in [6.45, 7) is 1.31. The van der Waals surface area contributed by atoms with E-state index in [4.69, 9.17) is 0 Å². The second kappa shape index (κ2) is 5.64. The molecule has 17 heavy (non-hydrogen) atoms. The van der Waals surface area contributed by atoms with E-state index in [0.717, 1.165) is 0 Å².